The first-order chi connectivity index (χ1) is 22.3. The maximum atomic E-state index is 4.61. The number of fused-ring (bicyclic) bond motifs is 6. The van der Waals surface area contributed by atoms with Crippen LogP contribution in [0.2, 0.25) is 0 Å². The van der Waals surface area contributed by atoms with Gasteiger partial charge in [0.15, 0.2) is 0 Å². The van der Waals surface area contributed by atoms with Gasteiger partial charge in [0, 0.05) is 33.3 Å². The van der Waals surface area contributed by atoms with E-state index in [4.69, 9.17) is 0 Å². The number of nitrogens with zero attached hydrogens (tertiary/aromatic N) is 2. The van der Waals surface area contributed by atoms with Crippen molar-refractivity contribution >= 4 is 48.9 Å². The van der Waals surface area contributed by atoms with E-state index in [9.17, 15) is 0 Å². The number of rotatable bonds is 4. The van der Waals surface area contributed by atoms with E-state index in [-0.39, 0.29) is 0 Å². The summed E-state index contributed by atoms with van der Waals surface area (Å²) in [7, 11) is 0. The molecule has 45 heavy (non-hydrogen) atoms. The molecule has 0 atom stereocenters. The molecule has 0 spiro atoms. The van der Waals surface area contributed by atoms with Gasteiger partial charge in [-0.2, -0.15) is 0 Å². The topological polar surface area (TPSA) is 34.4 Å². The molecule has 0 saturated heterocycles. The van der Waals surface area contributed by atoms with Gasteiger partial charge in [0.2, 0.25) is 0 Å². The average Bonchev–Trinajstić information content (AvgIpc) is 3.46. The van der Waals surface area contributed by atoms with Crippen molar-refractivity contribution in [2.45, 2.75) is 0 Å². The Balaban J connectivity index is 1.30. The molecule has 6 aromatic carbocycles. The summed E-state index contributed by atoms with van der Waals surface area (Å²) in [5.74, 6) is 0. The van der Waals surface area contributed by atoms with Crippen LogP contribution in [-0.4, -0.2) is 16.1 Å². The SMILES string of the molecule is C1=CC(c2ccc(-c3ccc4c5ccc6cc(-c7ccccn7)ccc6c5n(-c5cccc6ccccc56)c4c3)cc2)=CC[NH2+]1. The maximum absolute atomic E-state index is 4.61. The smallest absolute Gasteiger partial charge is 0.0993 e. The van der Waals surface area contributed by atoms with Crippen molar-refractivity contribution in [3.8, 4) is 28.1 Å². The third-order valence-electron chi connectivity index (χ3n) is 9.15. The number of hydrogen-bond acceptors (Lipinski definition) is 1. The van der Waals surface area contributed by atoms with Crippen molar-refractivity contribution in [1.82, 2.24) is 9.55 Å². The van der Waals surface area contributed by atoms with Crippen LogP contribution >= 0.6 is 0 Å². The van der Waals surface area contributed by atoms with Crippen LogP contribution in [0.3, 0.4) is 0 Å². The Morgan fingerprint density at radius 3 is 2.20 bits per heavy atom. The van der Waals surface area contributed by atoms with E-state index in [2.05, 4.69) is 155 Å². The minimum Gasteiger partial charge on any atom is -0.317 e. The lowest BCUT2D eigenvalue weighted by Gasteiger charge is -2.14. The molecule has 212 valence electrons. The van der Waals surface area contributed by atoms with E-state index in [0.29, 0.717) is 0 Å². The highest BCUT2D eigenvalue weighted by Crippen LogP contribution is 2.40. The summed E-state index contributed by atoms with van der Waals surface area (Å²) in [5, 5.41) is 9.60. The number of pyridine rings is 1. The molecule has 0 saturated carbocycles. The summed E-state index contributed by atoms with van der Waals surface area (Å²) in [6, 6.07) is 48.6. The zero-order chi connectivity index (χ0) is 29.7. The van der Waals surface area contributed by atoms with E-state index in [1.54, 1.807) is 0 Å². The monoisotopic (exact) mass is 576 g/mol. The Labute approximate surface area is 261 Å². The van der Waals surface area contributed by atoms with Gasteiger partial charge in [0.05, 0.1) is 35.2 Å². The number of quaternary nitrogens is 1. The molecule has 3 heterocycles. The van der Waals surface area contributed by atoms with Crippen molar-refractivity contribution in [1.29, 1.82) is 0 Å². The molecule has 0 unspecified atom stereocenters. The van der Waals surface area contributed by atoms with Gasteiger partial charge in [-0.05, 0) is 75.5 Å². The number of nitrogens with two attached hydrogens (primary N) is 1. The van der Waals surface area contributed by atoms with Crippen molar-refractivity contribution < 1.29 is 5.32 Å². The maximum Gasteiger partial charge on any atom is 0.0993 e. The second-order valence-electron chi connectivity index (χ2n) is 11.7. The molecule has 0 amide bonds. The van der Waals surface area contributed by atoms with E-state index < -0.39 is 0 Å². The van der Waals surface area contributed by atoms with Crippen molar-refractivity contribution in [3.05, 3.63) is 164 Å². The zero-order valence-corrected chi connectivity index (χ0v) is 24.7. The van der Waals surface area contributed by atoms with Crippen molar-refractivity contribution in [2.24, 2.45) is 0 Å². The van der Waals surface area contributed by atoms with Crippen molar-refractivity contribution in [2.75, 3.05) is 6.54 Å². The Bertz CT molecular complexity index is 2460. The van der Waals surface area contributed by atoms with Crippen molar-refractivity contribution in [3.63, 3.8) is 0 Å². The lowest BCUT2D eigenvalue weighted by Crippen LogP contribution is -2.78. The lowest BCUT2D eigenvalue weighted by atomic mass is 9.98. The minimum absolute atomic E-state index is 0.985. The molecular weight excluding hydrogens is 546 g/mol. The fourth-order valence-electron chi connectivity index (χ4n) is 6.94. The van der Waals surface area contributed by atoms with Gasteiger partial charge in [-0.1, -0.05) is 103 Å². The van der Waals surface area contributed by atoms with Crippen LogP contribution in [-0.2, 0) is 0 Å². The Morgan fingerprint density at radius 2 is 1.33 bits per heavy atom. The Kier molecular flexibility index (Phi) is 5.97. The molecule has 8 aromatic rings. The molecule has 9 rings (SSSR count). The third-order valence-corrected chi connectivity index (χ3v) is 9.15. The van der Waals surface area contributed by atoms with Gasteiger partial charge in [-0.15, -0.1) is 0 Å². The first kappa shape index (κ1) is 25.7. The Hall–Kier alpha value is -5.77. The number of allylic oxidation sites excluding steroid dienone is 2. The van der Waals surface area contributed by atoms with Gasteiger partial charge >= 0.3 is 0 Å². The van der Waals surface area contributed by atoms with Gasteiger partial charge < -0.3 is 9.88 Å². The Morgan fingerprint density at radius 1 is 0.556 bits per heavy atom. The summed E-state index contributed by atoms with van der Waals surface area (Å²) >= 11 is 0. The van der Waals surface area contributed by atoms with Crippen LogP contribution in [0.4, 0.5) is 0 Å². The predicted octanol–water partition coefficient (Wildman–Crippen LogP) is 9.29. The van der Waals surface area contributed by atoms with Gasteiger partial charge in [-0.25, -0.2) is 0 Å². The van der Waals surface area contributed by atoms with Crippen LogP contribution in [0.1, 0.15) is 5.56 Å². The molecule has 1 aliphatic rings. The molecule has 0 bridgehead atoms. The highest BCUT2D eigenvalue weighted by molar-refractivity contribution is 6.20. The third kappa shape index (κ3) is 4.28. The van der Waals surface area contributed by atoms with Gasteiger partial charge in [0.25, 0.3) is 0 Å². The molecule has 0 aliphatic carbocycles. The fraction of sp³-hybridized carbons (Fsp3) is 0.0238. The standard InChI is InChI=1S/C42H29N3/c1-2-8-35-31(6-1)7-5-10-40(35)45-41-27-32(29-13-11-28(12-14-29)30-21-24-43-25-22-30)15-19-37(41)38-20-16-33-26-34(17-18-36(33)42(38)45)39-9-3-4-23-44-39/h1-24,26-27,43H,25H2/p+1. The van der Waals surface area contributed by atoms with E-state index >= 15 is 0 Å². The molecule has 2 aromatic heterocycles. The molecule has 0 fully saturated rings. The number of benzene rings is 6. The summed E-state index contributed by atoms with van der Waals surface area (Å²) < 4.78 is 2.49. The zero-order valence-electron chi connectivity index (χ0n) is 24.7. The van der Waals surface area contributed by atoms with E-state index in [1.165, 1.54) is 71.3 Å². The largest absolute Gasteiger partial charge is 0.317 e. The van der Waals surface area contributed by atoms with Gasteiger partial charge in [0.1, 0.15) is 0 Å². The highest BCUT2D eigenvalue weighted by atomic mass is 15.0. The molecular formula is C42H30N3+. The second kappa shape index (κ2) is 10.4. The predicted molar refractivity (Wildman–Crippen MR) is 188 cm³/mol. The van der Waals surface area contributed by atoms with E-state index in [1.807, 2.05) is 18.3 Å². The van der Waals surface area contributed by atoms with E-state index in [0.717, 1.165) is 17.8 Å². The lowest BCUT2D eigenvalue weighted by molar-refractivity contribution is -0.578. The summed E-state index contributed by atoms with van der Waals surface area (Å²) in [4.78, 5) is 4.61. The number of aromatic nitrogens is 2. The normalized spacial score (nSPS) is 13.2. The second-order valence-corrected chi connectivity index (χ2v) is 11.7. The molecule has 3 heteroatoms. The summed E-state index contributed by atoms with van der Waals surface area (Å²) in [6.45, 7) is 0.988. The van der Waals surface area contributed by atoms with Crippen LogP contribution in [0, 0.1) is 0 Å². The van der Waals surface area contributed by atoms with Crippen LogP contribution in [0.15, 0.2) is 158 Å². The first-order valence-corrected chi connectivity index (χ1v) is 15.5. The summed E-state index contributed by atoms with van der Waals surface area (Å²) in [5.41, 5.74) is 10.7. The molecule has 1 aliphatic heterocycles. The summed E-state index contributed by atoms with van der Waals surface area (Å²) in [6.07, 6.45) is 8.48. The first-order valence-electron chi connectivity index (χ1n) is 15.5. The van der Waals surface area contributed by atoms with Crippen LogP contribution in [0.5, 0.6) is 0 Å². The molecule has 3 nitrogen and oxygen atoms in total. The molecule has 2 N–H and O–H groups in total. The highest BCUT2D eigenvalue weighted by Gasteiger charge is 2.18. The number of hydrogen-bond donors (Lipinski definition) is 1. The molecule has 0 radical (unpaired) electrons. The van der Waals surface area contributed by atoms with Crippen LogP contribution in [0.25, 0.3) is 77.0 Å². The van der Waals surface area contributed by atoms with Crippen LogP contribution < -0.4 is 5.32 Å². The van der Waals surface area contributed by atoms with Gasteiger partial charge in [-0.3, -0.25) is 4.98 Å². The minimum atomic E-state index is 0.985. The quantitative estimate of drug-likeness (QED) is 0.223. The fourth-order valence-corrected chi connectivity index (χ4v) is 6.94. The average molecular weight is 577 g/mol.